The Labute approximate surface area is 186 Å². The van der Waals surface area contributed by atoms with Crippen LogP contribution in [0.2, 0.25) is 0 Å². The number of rotatable bonds is 5. The van der Waals surface area contributed by atoms with Crippen LogP contribution in [0.1, 0.15) is 29.9 Å². The number of furan rings is 1. The molecular weight excluding hydrogens is 400 g/mol. The third-order valence-electron chi connectivity index (χ3n) is 5.64. The van der Waals surface area contributed by atoms with Crippen LogP contribution < -0.4 is 5.32 Å². The summed E-state index contributed by atoms with van der Waals surface area (Å²) in [5, 5.41) is 8.86. The molecule has 0 aliphatic carbocycles. The summed E-state index contributed by atoms with van der Waals surface area (Å²) in [4.78, 5) is 13.7. The van der Waals surface area contributed by atoms with E-state index in [0.29, 0.717) is 5.82 Å². The molecule has 7 nitrogen and oxygen atoms in total. The van der Waals surface area contributed by atoms with Crippen LogP contribution in [-0.4, -0.2) is 24.7 Å². The highest BCUT2D eigenvalue weighted by molar-refractivity contribution is 5.85. The van der Waals surface area contributed by atoms with E-state index < -0.39 is 0 Å². The highest BCUT2D eigenvalue weighted by Gasteiger charge is 2.13. The van der Waals surface area contributed by atoms with Gasteiger partial charge in [0.05, 0.1) is 23.7 Å². The Morgan fingerprint density at radius 1 is 1.00 bits per heavy atom. The molecule has 0 spiro atoms. The molecule has 0 aliphatic rings. The van der Waals surface area contributed by atoms with Gasteiger partial charge in [-0.2, -0.15) is 5.10 Å². The summed E-state index contributed by atoms with van der Waals surface area (Å²) in [7, 11) is 1.93. The number of anilines is 1. The summed E-state index contributed by atoms with van der Waals surface area (Å²) in [5.41, 5.74) is 7.01. The zero-order valence-electron chi connectivity index (χ0n) is 18.5. The molecule has 4 heterocycles. The van der Waals surface area contributed by atoms with Crippen LogP contribution >= 0.6 is 0 Å². The van der Waals surface area contributed by atoms with Gasteiger partial charge in [0.25, 0.3) is 0 Å². The predicted octanol–water partition coefficient (Wildman–Crippen LogP) is 5.48. The minimum Gasteiger partial charge on any atom is -0.464 e. The number of fused-ring (bicyclic) bond motifs is 1. The second-order valence-electron chi connectivity index (χ2n) is 8.03. The summed E-state index contributed by atoms with van der Waals surface area (Å²) < 4.78 is 7.42. The number of nitrogens with one attached hydrogen (secondary N) is 1. The molecule has 0 radical (unpaired) electrons. The van der Waals surface area contributed by atoms with Crippen molar-refractivity contribution in [3.05, 3.63) is 78.2 Å². The normalized spacial score (nSPS) is 12.2. The van der Waals surface area contributed by atoms with Gasteiger partial charge in [-0.1, -0.05) is 0 Å². The SMILES string of the molecule is Cc1nc(NC(C)c2cncc(-c3ccnn3C)c2)cc(-c2ccc3occ(C)c3c2)n1. The number of aromatic nitrogens is 5. The van der Waals surface area contributed by atoms with Crippen molar-refractivity contribution in [2.45, 2.75) is 26.8 Å². The smallest absolute Gasteiger partial charge is 0.134 e. The zero-order valence-corrected chi connectivity index (χ0v) is 18.5. The van der Waals surface area contributed by atoms with Crippen LogP contribution in [0.3, 0.4) is 0 Å². The first-order valence-electron chi connectivity index (χ1n) is 10.5. The van der Waals surface area contributed by atoms with Gasteiger partial charge in [-0.15, -0.1) is 0 Å². The third kappa shape index (κ3) is 3.73. The molecule has 1 unspecified atom stereocenters. The van der Waals surface area contributed by atoms with Crippen LogP contribution in [0.15, 0.2) is 65.7 Å². The lowest BCUT2D eigenvalue weighted by Gasteiger charge is -2.16. The first kappa shape index (κ1) is 19.9. The predicted molar refractivity (Wildman–Crippen MR) is 125 cm³/mol. The molecule has 7 heteroatoms. The van der Waals surface area contributed by atoms with Gasteiger partial charge in [0.2, 0.25) is 0 Å². The van der Waals surface area contributed by atoms with Crippen molar-refractivity contribution >= 4 is 16.8 Å². The fraction of sp³-hybridized carbons (Fsp3) is 0.200. The molecule has 0 bridgehead atoms. The van der Waals surface area contributed by atoms with E-state index in [-0.39, 0.29) is 6.04 Å². The number of pyridine rings is 1. The average Bonchev–Trinajstić information content (AvgIpc) is 3.38. The Bertz CT molecular complexity index is 1420. The number of nitrogens with zero attached hydrogens (tertiary/aromatic N) is 5. The monoisotopic (exact) mass is 424 g/mol. The van der Waals surface area contributed by atoms with Crippen LogP contribution in [0, 0.1) is 13.8 Å². The lowest BCUT2D eigenvalue weighted by molar-refractivity contribution is 0.613. The lowest BCUT2D eigenvalue weighted by Crippen LogP contribution is -2.10. The maximum atomic E-state index is 5.58. The Hall–Kier alpha value is -4.00. The van der Waals surface area contributed by atoms with Gasteiger partial charge in [0.15, 0.2) is 0 Å². The Kier molecular flexibility index (Phi) is 4.93. The summed E-state index contributed by atoms with van der Waals surface area (Å²) in [6.45, 7) is 6.05. The number of benzene rings is 1. The molecule has 0 saturated heterocycles. The minimum absolute atomic E-state index is 0.0106. The highest BCUT2D eigenvalue weighted by Crippen LogP contribution is 2.29. The van der Waals surface area contributed by atoms with E-state index >= 15 is 0 Å². The lowest BCUT2D eigenvalue weighted by atomic mass is 10.1. The number of aryl methyl sites for hydroxylation is 3. The topological polar surface area (TPSA) is 81.7 Å². The number of hydrogen-bond donors (Lipinski definition) is 1. The summed E-state index contributed by atoms with van der Waals surface area (Å²) >= 11 is 0. The van der Waals surface area contributed by atoms with Gasteiger partial charge < -0.3 is 9.73 Å². The van der Waals surface area contributed by atoms with Gasteiger partial charge in [0, 0.05) is 48.2 Å². The Morgan fingerprint density at radius 2 is 1.88 bits per heavy atom. The van der Waals surface area contributed by atoms with Crippen molar-refractivity contribution < 1.29 is 4.42 Å². The largest absolute Gasteiger partial charge is 0.464 e. The molecule has 5 aromatic rings. The minimum atomic E-state index is 0.0106. The molecule has 1 N–H and O–H groups in total. The van der Waals surface area contributed by atoms with Gasteiger partial charge in [-0.25, -0.2) is 9.97 Å². The first-order valence-corrected chi connectivity index (χ1v) is 10.5. The Balaban J connectivity index is 1.44. The quantitative estimate of drug-likeness (QED) is 0.403. The van der Waals surface area contributed by atoms with Crippen LogP contribution in [0.5, 0.6) is 0 Å². The molecule has 4 aromatic heterocycles. The van der Waals surface area contributed by atoms with Gasteiger partial charge in [0.1, 0.15) is 17.2 Å². The van der Waals surface area contributed by atoms with Crippen LogP contribution in [0.4, 0.5) is 5.82 Å². The van der Waals surface area contributed by atoms with E-state index in [0.717, 1.165) is 50.4 Å². The van der Waals surface area contributed by atoms with Crippen molar-refractivity contribution in [2.75, 3.05) is 5.32 Å². The maximum absolute atomic E-state index is 5.58. The van der Waals surface area contributed by atoms with Crippen molar-refractivity contribution in [2.24, 2.45) is 7.05 Å². The van der Waals surface area contributed by atoms with E-state index in [4.69, 9.17) is 4.42 Å². The average molecular weight is 425 g/mol. The molecule has 5 rings (SSSR count). The van der Waals surface area contributed by atoms with Crippen molar-refractivity contribution in [3.8, 4) is 22.5 Å². The zero-order chi connectivity index (χ0) is 22.2. The van der Waals surface area contributed by atoms with Crippen molar-refractivity contribution in [3.63, 3.8) is 0 Å². The fourth-order valence-electron chi connectivity index (χ4n) is 3.90. The van der Waals surface area contributed by atoms with E-state index in [1.54, 1.807) is 12.5 Å². The van der Waals surface area contributed by atoms with Crippen LogP contribution in [-0.2, 0) is 7.05 Å². The first-order chi connectivity index (χ1) is 15.5. The van der Waals surface area contributed by atoms with E-state index in [1.165, 1.54) is 0 Å². The molecule has 32 heavy (non-hydrogen) atoms. The van der Waals surface area contributed by atoms with Crippen molar-refractivity contribution in [1.29, 1.82) is 0 Å². The summed E-state index contributed by atoms with van der Waals surface area (Å²) in [5.74, 6) is 1.48. The molecule has 0 saturated carbocycles. The van der Waals surface area contributed by atoms with Crippen LogP contribution in [0.25, 0.3) is 33.5 Å². The summed E-state index contributed by atoms with van der Waals surface area (Å²) in [6, 6.07) is 12.2. The van der Waals surface area contributed by atoms with Gasteiger partial charge >= 0.3 is 0 Å². The Morgan fingerprint density at radius 3 is 2.69 bits per heavy atom. The van der Waals surface area contributed by atoms with E-state index in [9.17, 15) is 0 Å². The molecular formula is C25H24N6O. The van der Waals surface area contributed by atoms with Gasteiger partial charge in [-0.05, 0) is 62.2 Å². The third-order valence-corrected chi connectivity index (χ3v) is 5.64. The number of hydrogen-bond acceptors (Lipinski definition) is 6. The molecule has 1 atom stereocenters. The van der Waals surface area contributed by atoms with Gasteiger partial charge in [-0.3, -0.25) is 9.67 Å². The molecule has 1 aromatic carbocycles. The van der Waals surface area contributed by atoms with Crippen molar-refractivity contribution in [1.82, 2.24) is 24.7 Å². The second-order valence-corrected chi connectivity index (χ2v) is 8.03. The van der Waals surface area contributed by atoms with E-state index in [2.05, 4.69) is 44.4 Å². The molecule has 0 aliphatic heterocycles. The highest BCUT2D eigenvalue weighted by atomic mass is 16.3. The molecule has 160 valence electrons. The maximum Gasteiger partial charge on any atom is 0.134 e. The summed E-state index contributed by atoms with van der Waals surface area (Å²) in [6.07, 6.45) is 7.30. The second kappa shape index (κ2) is 7.92. The van der Waals surface area contributed by atoms with E-state index in [1.807, 2.05) is 62.2 Å². The standard InChI is InChI=1S/C25H24N6O/c1-15-14-32-24-6-5-18(10-21(15)24)22-11-25(30-17(3)29-22)28-16(2)19-9-20(13-26-12-19)23-7-8-27-31(23)4/h5-14,16H,1-4H3,(H,28,29,30). The fourth-order valence-corrected chi connectivity index (χ4v) is 3.90. The molecule has 0 amide bonds. The molecule has 0 fully saturated rings.